The summed E-state index contributed by atoms with van der Waals surface area (Å²) < 4.78 is 43.4. The second-order valence-corrected chi connectivity index (χ2v) is 7.95. The summed E-state index contributed by atoms with van der Waals surface area (Å²) in [5, 5.41) is 0.101. The fourth-order valence-corrected chi connectivity index (χ4v) is 3.41. The van der Waals surface area contributed by atoms with Crippen molar-refractivity contribution in [1.29, 1.82) is 0 Å². The molecule has 0 bridgehead atoms. The lowest BCUT2D eigenvalue weighted by molar-refractivity contribution is -0.141. The number of likely N-dealkylation sites (tertiary alicyclic amines) is 1. The predicted octanol–water partition coefficient (Wildman–Crippen LogP) is 4.23. The van der Waals surface area contributed by atoms with Gasteiger partial charge in [-0.05, 0) is 45.6 Å². The molecular formula is C16H22F3N3O2S. The van der Waals surface area contributed by atoms with E-state index in [4.69, 9.17) is 4.74 Å². The number of amides is 1. The summed E-state index contributed by atoms with van der Waals surface area (Å²) in [6.45, 7) is 6.60. The molecule has 1 fully saturated rings. The van der Waals surface area contributed by atoms with E-state index in [9.17, 15) is 18.0 Å². The summed E-state index contributed by atoms with van der Waals surface area (Å²) in [5.41, 5.74) is -1.49. The van der Waals surface area contributed by atoms with Gasteiger partial charge in [-0.1, -0.05) is 11.8 Å². The maximum atomic E-state index is 12.7. The first-order chi connectivity index (χ1) is 11.5. The lowest BCUT2D eigenvalue weighted by atomic mass is 10.0. The average Bonchev–Trinajstić information content (AvgIpc) is 2.51. The van der Waals surface area contributed by atoms with Gasteiger partial charge in [0.25, 0.3) is 0 Å². The second kappa shape index (κ2) is 7.80. The van der Waals surface area contributed by atoms with Gasteiger partial charge in [-0.2, -0.15) is 13.2 Å². The molecule has 1 aliphatic heterocycles. The molecule has 140 valence electrons. The molecule has 25 heavy (non-hydrogen) atoms. The van der Waals surface area contributed by atoms with Gasteiger partial charge < -0.3 is 9.64 Å². The third-order valence-electron chi connectivity index (χ3n) is 3.54. The number of rotatable bonds is 3. The van der Waals surface area contributed by atoms with Crippen molar-refractivity contribution in [2.45, 2.75) is 50.5 Å². The molecule has 1 atom stereocenters. The lowest BCUT2D eigenvalue weighted by Gasteiger charge is -2.33. The molecule has 2 heterocycles. The molecule has 5 nitrogen and oxygen atoms in total. The Morgan fingerprint density at radius 1 is 1.40 bits per heavy atom. The smallest absolute Gasteiger partial charge is 0.433 e. The van der Waals surface area contributed by atoms with Crippen molar-refractivity contribution in [2.24, 2.45) is 5.92 Å². The molecule has 1 aromatic heterocycles. The van der Waals surface area contributed by atoms with Crippen LogP contribution in [0, 0.1) is 5.92 Å². The minimum Gasteiger partial charge on any atom is -0.444 e. The van der Waals surface area contributed by atoms with Crippen molar-refractivity contribution >= 4 is 17.9 Å². The third kappa shape index (κ3) is 6.37. The molecule has 0 spiro atoms. The van der Waals surface area contributed by atoms with Gasteiger partial charge in [0.2, 0.25) is 0 Å². The number of thioether (sulfide) groups is 1. The summed E-state index contributed by atoms with van der Waals surface area (Å²) >= 11 is 1.18. The summed E-state index contributed by atoms with van der Waals surface area (Å²) in [4.78, 5) is 21.2. The van der Waals surface area contributed by atoms with Crippen molar-refractivity contribution in [3.05, 3.63) is 18.0 Å². The van der Waals surface area contributed by atoms with Gasteiger partial charge in [-0.15, -0.1) is 0 Å². The molecule has 0 aromatic carbocycles. The fraction of sp³-hybridized carbons (Fsp3) is 0.688. The highest BCUT2D eigenvalue weighted by atomic mass is 32.2. The number of hydrogen-bond donors (Lipinski definition) is 0. The zero-order valence-electron chi connectivity index (χ0n) is 14.5. The van der Waals surface area contributed by atoms with E-state index >= 15 is 0 Å². The quantitative estimate of drug-likeness (QED) is 0.583. The molecule has 1 amide bonds. The Balaban J connectivity index is 1.90. The van der Waals surface area contributed by atoms with Crippen LogP contribution >= 0.6 is 11.8 Å². The Bertz CT molecular complexity index is 605. The van der Waals surface area contributed by atoms with Crippen LogP contribution in [0.1, 0.15) is 39.3 Å². The van der Waals surface area contributed by atoms with E-state index < -0.39 is 17.5 Å². The van der Waals surface area contributed by atoms with Gasteiger partial charge in [0.1, 0.15) is 11.3 Å². The van der Waals surface area contributed by atoms with Crippen LogP contribution in [0.15, 0.2) is 17.4 Å². The molecule has 0 aliphatic carbocycles. The first-order valence-corrected chi connectivity index (χ1v) is 9.04. The fourth-order valence-electron chi connectivity index (χ4n) is 2.45. The number of alkyl halides is 3. The minimum absolute atomic E-state index is 0.101. The van der Waals surface area contributed by atoms with Crippen LogP contribution in [0.4, 0.5) is 18.0 Å². The molecule has 1 aliphatic rings. The van der Waals surface area contributed by atoms with Crippen LogP contribution in [0.25, 0.3) is 0 Å². The van der Waals surface area contributed by atoms with E-state index in [1.165, 1.54) is 11.8 Å². The number of carbonyl (C=O) groups excluding carboxylic acids is 1. The van der Waals surface area contributed by atoms with E-state index in [2.05, 4.69) is 9.97 Å². The third-order valence-corrected chi connectivity index (χ3v) is 4.64. The molecule has 0 unspecified atom stereocenters. The lowest BCUT2D eigenvalue weighted by Crippen LogP contribution is -2.43. The Kier molecular flexibility index (Phi) is 6.18. The van der Waals surface area contributed by atoms with Gasteiger partial charge in [-0.25, -0.2) is 14.8 Å². The first kappa shape index (κ1) is 19.8. The van der Waals surface area contributed by atoms with Crippen LogP contribution < -0.4 is 0 Å². The molecular weight excluding hydrogens is 355 g/mol. The van der Waals surface area contributed by atoms with Crippen LogP contribution in [0.5, 0.6) is 0 Å². The molecule has 1 saturated heterocycles. The molecule has 1 aromatic rings. The minimum atomic E-state index is -4.48. The SMILES string of the molecule is CC(C)(C)OC(=O)N1CCC[C@H](CSc2nccc(C(F)(F)F)n2)C1. The highest BCUT2D eigenvalue weighted by Gasteiger charge is 2.33. The number of hydrogen-bond acceptors (Lipinski definition) is 5. The zero-order chi connectivity index (χ0) is 18.7. The van der Waals surface area contributed by atoms with Crippen molar-refractivity contribution in [1.82, 2.24) is 14.9 Å². The standard InChI is InChI=1S/C16H22F3N3O2S/c1-15(2,3)24-14(23)22-8-4-5-11(9-22)10-25-13-20-7-6-12(21-13)16(17,18)19/h6-7,11H,4-5,8-10H2,1-3H3/t11-/m0/s1. The van der Waals surface area contributed by atoms with Gasteiger partial charge in [0.05, 0.1) is 0 Å². The van der Waals surface area contributed by atoms with E-state index in [0.717, 1.165) is 25.1 Å². The normalized spacial score (nSPS) is 19.0. The van der Waals surface area contributed by atoms with Crippen molar-refractivity contribution in [3.8, 4) is 0 Å². The summed E-state index contributed by atoms with van der Waals surface area (Å²) in [5.74, 6) is 0.727. The first-order valence-electron chi connectivity index (χ1n) is 8.05. The van der Waals surface area contributed by atoms with E-state index in [1.807, 2.05) is 20.8 Å². The van der Waals surface area contributed by atoms with Crippen LogP contribution in [-0.2, 0) is 10.9 Å². The summed E-state index contributed by atoms with van der Waals surface area (Å²) in [6.07, 6.45) is -1.96. The Labute approximate surface area is 149 Å². The van der Waals surface area contributed by atoms with Crippen molar-refractivity contribution < 1.29 is 22.7 Å². The number of aromatic nitrogens is 2. The monoisotopic (exact) mass is 377 g/mol. The van der Waals surface area contributed by atoms with Crippen molar-refractivity contribution in [3.63, 3.8) is 0 Å². The second-order valence-electron chi connectivity index (χ2n) is 6.97. The highest BCUT2D eigenvalue weighted by Crippen LogP contribution is 2.29. The number of piperidine rings is 1. The maximum Gasteiger partial charge on any atom is 0.433 e. The Morgan fingerprint density at radius 3 is 2.76 bits per heavy atom. The van der Waals surface area contributed by atoms with E-state index in [1.54, 1.807) is 4.90 Å². The summed E-state index contributed by atoms with van der Waals surface area (Å²) in [7, 11) is 0. The van der Waals surface area contributed by atoms with Crippen LogP contribution in [0.2, 0.25) is 0 Å². The molecule has 9 heteroatoms. The molecule has 0 saturated carbocycles. The maximum absolute atomic E-state index is 12.7. The van der Waals surface area contributed by atoms with Crippen LogP contribution in [-0.4, -0.2) is 45.4 Å². The number of ether oxygens (including phenoxy) is 1. The number of carbonyl (C=O) groups is 1. The highest BCUT2D eigenvalue weighted by molar-refractivity contribution is 7.99. The predicted molar refractivity (Wildman–Crippen MR) is 88.3 cm³/mol. The van der Waals surface area contributed by atoms with E-state index in [0.29, 0.717) is 18.8 Å². The largest absolute Gasteiger partial charge is 0.444 e. The van der Waals surface area contributed by atoms with Gasteiger partial charge in [0.15, 0.2) is 5.16 Å². The Hall–Kier alpha value is -1.51. The van der Waals surface area contributed by atoms with Crippen LogP contribution in [0.3, 0.4) is 0 Å². The number of halogens is 3. The van der Waals surface area contributed by atoms with E-state index in [-0.39, 0.29) is 17.2 Å². The number of nitrogens with zero attached hydrogens (tertiary/aromatic N) is 3. The van der Waals surface area contributed by atoms with Gasteiger partial charge in [0, 0.05) is 25.0 Å². The topological polar surface area (TPSA) is 55.3 Å². The summed E-state index contributed by atoms with van der Waals surface area (Å²) in [6, 6.07) is 0.856. The molecule has 0 N–H and O–H groups in total. The molecule has 2 rings (SSSR count). The average molecular weight is 377 g/mol. The molecule has 0 radical (unpaired) electrons. The van der Waals surface area contributed by atoms with Gasteiger partial charge >= 0.3 is 12.3 Å². The van der Waals surface area contributed by atoms with Crippen molar-refractivity contribution in [2.75, 3.05) is 18.8 Å². The Morgan fingerprint density at radius 2 is 2.12 bits per heavy atom. The van der Waals surface area contributed by atoms with Gasteiger partial charge in [-0.3, -0.25) is 0 Å². The zero-order valence-corrected chi connectivity index (χ0v) is 15.3.